The van der Waals surface area contributed by atoms with Crippen LogP contribution in [0.25, 0.3) is 11.3 Å². The lowest BCUT2D eigenvalue weighted by molar-refractivity contribution is 0.0934. The van der Waals surface area contributed by atoms with Crippen LogP contribution in [0.1, 0.15) is 35.6 Å². The standard InChI is InChI=1S/C23H22N4O3S2/c1-2-19(22-24-15-20(25-22)16-8-4-3-5-9-16)26-23(28)17-10-6-11-18(14-17)27-32(29,30)21-12-7-13-31-21/h3-15,19,27H,2H2,1H3,(H,24,25)(H,26,28). The average Bonchev–Trinajstić information content (AvgIpc) is 3.51. The molecule has 0 saturated heterocycles. The lowest BCUT2D eigenvalue weighted by Gasteiger charge is -2.15. The third-order valence-corrected chi connectivity index (χ3v) is 7.64. The first-order valence-electron chi connectivity index (χ1n) is 10.0. The number of hydrogen-bond acceptors (Lipinski definition) is 5. The summed E-state index contributed by atoms with van der Waals surface area (Å²) >= 11 is 1.13. The number of nitrogens with zero attached hydrogens (tertiary/aromatic N) is 1. The van der Waals surface area contributed by atoms with Gasteiger partial charge in [0.05, 0.1) is 17.9 Å². The van der Waals surface area contributed by atoms with Gasteiger partial charge in [0.15, 0.2) is 0 Å². The Balaban J connectivity index is 1.48. The normalized spacial score (nSPS) is 12.3. The molecule has 0 bridgehead atoms. The predicted molar refractivity (Wildman–Crippen MR) is 126 cm³/mol. The molecule has 1 unspecified atom stereocenters. The number of aromatic nitrogens is 2. The molecule has 0 spiro atoms. The van der Waals surface area contributed by atoms with Crippen LogP contribution in [0.15, 0.2) is 82.5 Å². The van der Waals surface area contributed by atoms with Crippen molar-refractivity contribution >= 4 is 33.0 Å². The average molecular weight is 467 g/mol. The number of anilines is 1. The number of aromatic amines is 1. The SMILES string of the molecule is CCC(NC(=O)c1cccc(NS(=O)(=O)c2cccs2)c1)c1ncc(-c2ccccc2)[nH]1. The minimum Gasteiger partial charge on any atom is -0.342 e. The van der Waals surface area contributed by atoms with Crippen molar-refractivity contribution in [2.24, 2.45) is 0 Å². The molecule has 1 amide bonds. The van der Waals surface area contributed by atoms with E-state index in [2.05, 4.69) is 20.0 Å². The molecule has 2 aromatic carbocycles. The number of imidazole rings is 1. The second kappa shape index (κ2) is 9.37. The van der Waals surface area contributed by atoms with Crippen molar-refractivity contribution in [1.29, 1.82) is 0 Å². The number of sulfonamides is 1. The summed E-state index contributed by atoms with van der Waals surface area (Å²) in [6, 6.07) is 19.1. The molecule has 0 radical (unpaired) electrons. The predicted octanol–water partition coefficient (Wildman–Crippen LogP) is 4.82. The molecule has 4 aromatic rings. The van der Waals surface area contributed by atoms with Gasteiger partial charge in [0.2, 0.25) is 0 Å². The fourth-order valence-corrected chi connectivity index (χ4v) is 5.27. The Labute approximate surface area is 190 Å². The maximum Gasteiger partial charge on any atom is 0.271 e. The van der Waals surface area contributed by atoms with Crippen LogP contribution in [-0.2, 0) is 10.0 Å². The Morgan fingerprint density at radius 3 is 2.62 bits per heavy atom. The lowest BCUT2D eigenvalue weighted by atomic mass is 10.1. The van der Waals surface area contributed by atoms with E-state index in [0.29, 0.717) is 23.5 Å². The number of H-pyrrole nitrogens is 1. The van der Waals surface area contributed by atoms with Crippen LogP contribution < -0.4 is 10.0 Å². The fourth-order valence-electron chi connectivity index (χ4n) is 3.23. The Kier molecular flexibility index (Phi) is 6.38. The molecule has 0 aliphatic carbocycles. The van der Waals surface area contributed by atoms with E-state index in [9.17, 15) is 13.2 Å². The molecule has 0 saturated carbocycles. The van der Waals surface area contributed by atoms with Crippen LogP contribution in [-0.4, -0.2) is 24.3 Å². The van der Waals surface area contributed by atoms with E-state index in [0.717, 1.165) is 22.6 Å². The maximum atomic E-state index is 12.9. The van der Waals surface area contributed by atoms with Crippen LogP contribution in [0, 0.1) is 0 Å². The molecule has 2 aromatic heterocycles. The van der Waals surface area contributed by atoms with E-state index >= 15 is 0 Å². The molecule has 3 N–H and O–H groups in total. The number of nitrogens with one attached hydrogen (secondary N) is 3. The molecule has 0 aliphatic heterocycles. The number of thiophene rings is 1. The second-order valence-corrected chi connectivity index (χ2v) is 9.96. The molecule has 7 nitrogen and oxygen atoms in total. The van der Waals surface area contributed by atoms with Gasteiger partial charge in [-0.25, -0.2) is 13.4 Å². The highest BCUT2D eigenvalue weighted by atomic mass is 32.2. The van der Waals surface area contributed by atoms with Gasteiger partial charge in [-0.3, -0.25) is 9.52 Å². The number of carbonyl (C=O) groups excluding carboxylic acids is 1. The number of amides is 1. The number of hydrogen-bond donors (Lipinski definition) is 3. The van der Waals surface area contributed by atoms with Crippen LogP contribution in [0.2, 0.25) is 0 Å². The van der Waals surface area contributed by atoms with Gasteiger partial charge in [-0.05, 0) is 41.6 Å². The van der Waals surface area contributed by atoms with Crippen LogP contribution in [0.4, 0.5) is 5.69 Å². The fraction of sp³-hybridized carbons (Fsp3) is 0.130. The molecule has 32 heavy (non-hydrogen) atoms. The van der Waals surface area contributed by atoms with E-state index in [4.69, 9.17) is 0 Å². The van der Waals surface area contributed by atoms with E-state index in [-0.39, 0.29) is 16.2 Å². The van der Waals surface area contributed by atoms with Crippen molar-refractivity contribution in [3.05, 3.63) is 89.7 Å². The molecule has 1 atom stereocenters. The first-order chi connectivity index (χ1) is 15.5. The third kappa shape index (κ3) is 4.90. The Bertz CT molecular complexity index is 1300. The summed E-state index contributed by atoms with van der Waals surface area (Å²) in [6.07, 6.45) is 2.39. The number of carbonyl (C=O) groups is 1. The first-order valence-corrected chi connectivity index (χ1v) is 12.4. The van der Waals surface area contributed by atoms with Gasteiger partial charge < -0.3 is 10.3 Å². The van der Waals surface area contributed by atoms with E-state index < -0.39 is 10.0 Å². The quantitative estimate of drug-likeness (QED) is 0.346. The third-order valence-electron chi connectivity index (χ3n) is 4.86. The topological polar surface area (TPSA) is 104 Å². The van der Waals surface area contributed by atoms with Gasteiger partial charge in [0, 0.05) is 11.3 Å². The molecule has 9 heteroatoms. The summed E-state index contributed by atoms with van der Waals surface area (Å²) in [5.74, 6) is 0.348. The van der Waals surface area contributed by atoms with Crippen molar-refractivity contribution in [2.45, 2.75) is 23.6 Å². The summed E-state index contributed by atoms with van der Waals surface area (Å²) in [4.78, 5) is 20.6. The van der Waals surface area contributed by atoms with Gasteiger partial charge in [-0.15, -0.1) is 11.3 Å². The Hall–Kier alpha value is -3.43. The number of rotatable bonds is 8. The highest BCUT2D eigenvalue weighted by molar-refractivity contribution is 7.94. The van der Waals surface area contributed by atoms with Crippen molar-refractivity contribution < 1.29 is 13.2 Å². The highest BCUT2D eigenvalue weighted by Crippen LogP contribution is 2.23. The Morgan fingerprint density at radius 1 is 1.09 bits per heavy atom. The van der Waals surface area contributed by atoms with Crippen LogP contribution >= 0.6 is 11.3 Å². The van der Waals surface area contributed by atoms with Crippen LogP contribution in [0.5, 0.6) is 0 Å². The number of benzene rings is 2. The second-order valence-electron chi connectivity index (χ2n) is 7.10. The zero-order chi connectivity index (χ0) is 22.6. The largest absolute Gasteiger partial charge is 0.342 e. The van der Waals surface area contributed by atoms with Crippen LogP contribution in [0.3, 0.4) is 0 Å². The molecular weight excluding hydrogens is 444 g/mol. The smallest absolute Gasteiger partial charge is 0.271 e. The molecule has 0 fully saturated rings. The van der Waals surface area contributed by atoms with Gasteiger partial charge >= 0.3 is 0 Å². The molecule has 164 valence electrons. The minimum atomic E-state index is -3.68. The van der Waals surface area contributed by atoms with Gasteiger partial charge in [0.25, 0.3) is 15.9 Å². The van der Waals surface area contributed by atoms with Gasteiger partial charge in [-0.1, -0.05) is 49.4 Å². The van der Waals surface area contributed by atoms with Crippen molar-refractivity contribution in [3.8, 4) is 11.3 Å². The zero-order valence-corrected chi connectivity index (χ0v) is 18.9. The first kappa shape index (κ1) is 21.8. The van der Waals surface area contributed by atoms with Crippen molar-refractivity contribution in [1.82, 2.24) is 15.3 Å². The monoisotopic (exact) mass is 466 g/mol. The van der Waals surface area contributed by atoms with Crippen molar-refractivity contribution in [3.63, 3.8) is 0 Å². The van der Waals surface area contributed by atoms with E-state index in [1.165, 1.54) is 12.1 Å². The lowest BCUT2D eigenvalue weighted by Crippen LogP contribution is -2.29. The molecule has 2 heterocycles. The summed E-state index contributed by atoms with van der Waals surface area (Å²) in [5, 5.41) is 4.67. The molecule has 4 rings (SSSR count). The van der Waals surface area contributed by atoms with Crippen molar-refractivity contribution in [2.75, 3.05) is 4.72 Å². The Morgan fingerprint density at radius 2 is 1.91 bits per heavy atom. The molecular formula is C23H22N4O3S2. The summed E-state index contributed by atoms with van der Waals surface area (Å²) < 4.78 is 27.7. The van der Waals surface area contributed by atoms with E-state index in [1.54, 1.807) is 35.8 Å². The van der Waals surface area contributed by atoms with Gasteiger partial charge in [-0.2, -0.15) is 0 Å². The highest BCUT2D eigenvalue weighted by Gasteiger charge is 2.19. The minimum absolute atomic E-state index is 0.213. The zero-order valence-electron chi connectivity index (χ0n) is 17.3. The molecule has 0 aliphatic rings. The summed E-state index contributed by atoms with van der Waals surface area (Å²) in [5.41, 5.74) is 2.56. The summed E-state index contributed by atoms with van der Waals surface area (Å²) in [6.45, 7) is 1.96. The summed E-state index contributed by atoms with van der Waals surface area (Å²) in [7, 11) is -3.68. The van der Waals surface area contributed by atoms with Gasteiger partial charge in [0.1, 0.15) is 10.0 Å². The maximum absolute atomic E-state index is 12.9. The van der Waals surface area contributed by atoms with E-state index in [1.807, 2.05) is 37.3 Å².